The second kappa shape index (κ2) is 5.98. The number of hydrogen-bond acceptors (Lipinski definition) is 2. The van der Waals surface area contributed by atoms with Gasteiger partial charge in [-0.3, -0.25) is 0 Å². The Labute approximate surface area is 105 Å². The minimum atomic E-state index is -4.71. The van der Waals surface area contributed by atoms with E-state index in [-0.39, 0.29) is 17.4 Å². The fourth-order valence-electron chi connectivity index (χ4n) is 1.55. The Morgan fingerprint density at radius 3 is 2.39 bits per heavy atom. The molecule has 0 N–H and O–H groups in total. The van der Waals surface area contributed by atoms with Crippen molar-refractivity contribution in [3.8, 4) is 11.5 Å². The van der Waals surface area contributed by atoms with Crippen LogP contribution in [0.1, 0.15) is 38.7 Å². The first-order valence-electron chi connectivity index (χ1n) is 5.86. The minimum Gasteiger partial charge on any atom is -0.489 e. The molecule has 0 saturated heterocycles. The van der Waals surface area contributed by atoms with Crippen LogP contribution in [0.5, 0.6) is 11.5 Å². The first-order chi connectivity index (χ1) is 8.35. The van der Waals surface area contributed by atoms with Gasteiger partial charge < -0.3 is 9.47 Å². The van der Waals surface area contributed by atoms with Crippen molar-refractivity contribution in [2.45, 2.75) is 39.5 Å². The van der Waals surface area contributed by atoms with E-state index in [9.17, 15) is 13.2 Å². The third kappa shape index (κ3) is 4.13. The predicted octanol–water partition coefficient (Wildman–Crippen LogP) is 4.50. The van der Waals surface area contributed by atoms with E-state index in [1.807, 2.05) is 20.8 Å². The average Bonchev–Trinajstić information content (AvgIpc) is 2.24. The summed E-state index contributed by atoms with van der Waals surface area (Å²) >= 11 is 0. The zero-order valence-corrected chi connectivity index (χ0v) is 10.7. The van der Waals surface area contributed by atoms with Crippen molar-refractivity contribution in [3.05, 3.63) is 23.8 Å². The molecule has 102 valence electrons. The number of halogens is 3. The molecule has 0 aliphatic heterocycles. The van der Waals surface area contributed by atoms with Gasteiger partial charge in [0.15, 0.2) is 11.5 Å². The van der Waals surface area contributed by atoms with Gasteiger partial charge in [-0.2, -0.15) is 0 Å². The first kappa shape index (κ1) is 14.7. The van der Waals surface area contributed by atoms with E-state index < -0.39 is 6.36 Å². The zero-order chi connectivity index (χ0) is 13.8. The van der Waals surface area contributed by atoms with Gasteiger partial charge in [-0.05, 0) is 18.4 Å². The molecule has 0 unspecified atom stereocenters. The maximum Gasteiger partial charge on any atom is 0.573 e. The molecule has 0 aromatic heterocycles. The van der Waals surface area contributed by atoms with Crippen LogP contribution >= 0.6 is 0 Å². The predicted molar refractivity (Wildman–Crippen MR) is 63.0 cm³/mol. The highest BCUT2D eigenvalue weighted by atomic mass is 19.4. The highest BCUT2D eigenvalue weighted by Gasteiger charge is 2.33. The number of rotatable bonds is 5. The summed E-state index contributed by atoms with van der Waals surface area (Å²) in [5.41, 5.74) is 0.713. The van der Waals surface area contributed by atoms with Gasteiger partial charge in [0.1, 0.15) is 0 Å². The molecule has 0 aliphatic carbocycles. The van der Waals surface area contributed by atoms with Crippen LogP contribution in [0.3, 0.4) is 0 Å². The molecule has 1 rings (SSSR count). The number of para-hydroxylation sites is 1. The maximum atomic E-state index is 12.3. The number of alkyl halides is 3. The summed E-state index contributed by atoms with van der Waals surface area (Å²) < 4.78 is 46.3. The van der Waals surface area contributed by atoms with Crippen LogP contribution in [-0.2, 0) is 0 Å². The lowest BCUT2D eigenvalue weighted by Crippen LogP contribution is -2.18. The number of ether oxygens (including phenoxy) is 2. The van der Waals surface area contributed by atoms with Crippen molar-refractivity contribution < 1.29 is 22.6 Å². The largest absolute Gasteiger partial charge is 0.573 e. The zero-order valence-electron chi connectivity index (χ0n) is 10.7. The van der Waals surface area contributed by atoms with Crippen molar-refractivity contribution in [1.29, 1.82) is 0 Å². The van der Waals surface area contributed by atoms with Crippen LogP contribution in [0.25, 0.3) is 0 Å². The molecule has 0 aliphatic rings. The summed E-state index contributed by atoms with van der Waals surface area (Å²) in [4.78, 5) is 0. The smallest absolute Gasteiger partial charge is 0.489 e. The summed E-state index contributed by atoms with van der Waals surface area (Å²) in [6.07, 6.45) is -3.99. The van der Waals surface area contributed by atoms with E-state index in [4.69, 9.17) is 4.74 Å². The summed E-state index contributed by atoms with van der Waals surface area (Å²) in [6.45, 7) is 6.04. The highest BCUT2D eigenvalue weighted by molar-refractivity contribution is 5.48. The third-order valence-electron chi connectivity index (χ3n) is 2.31. The Morgan fingerprint density at radius 1 is 1.22 bits per heavy atom. The van der Waals surface area contributed by atoms with Crippen LogP contribution < -0.4 is 9.47 Å². The molecule has 0 fully saturated rings. The lowest BCUT2D eigenvalue weighted by Gasteiger charge is -2.18. The highest BCUT2D eigenvalue weighted by Crippen LogP contribution is 2.38. The first-order valence-corrected chi connectivity index (χ1v) is 5.86. The molecule has 0 bridgehead atoms. The molecule has 0 saturated carbocycles. The lowest BCUT2D eigenvalue weighted by molar-refractivity contribution is -0.275. The molecule has 18 heavy (non-hydrogen) atoms. The van der Waals surface area contributed by atoms with Crippen LogP contribution in [0.2, 0.25) is 0 Å². The van der Waals surface area contributed by atoms with E-state index in [1.165, 1.54) is 12.1 Å². The van der Waals surface area contributed by atoms with Crippen molar-refractivity contribution in [3.63, 3.8) is 0 Å². The summed E-state index contributed by atoms with van der Waals surface area (Å²) in [5, 5.41) is 0. The topological polar surface area (TPSA) is 18.5 Å². The Morgan fingerprint density at radius 2 is 1.89 bits per heavy atom. The normalized spacial score (nSPS) is 11.7. The number of benzene rings is 1. The van der Waals surface area contributed by atoms with Gasteiger partial charge in [0.05, 0.1) is 6.61 Å². The number of hydrogen-bond donors (Lipinski definition) is 0. The Bertz CT molecular complexity index is 386. The Balaban J connectivity index is 3.11. The molecule has 1 aromatic carbocycles. The third-order valence-corrected chi connectivity index (χ3v) is 2.31. The Hall–Kier alpha value is -1.39. The average molecular weight is 262 g/mol. The lowest BCUT2D eigenvalue weighted by atomic mass is 10.0. The minimum absolute atomic E-state index is 0.0636. The fraction of sp³-hybridized carbons (Fsp3) is 0.538. The van der Waals surface area contributed by atoms with Crippen molar-refractivity contribution in [2.75, 3.05) is 6.61 Å². The van der Waals surface area contributed by atoms with Crippen LogP contribution in [0.15, 0.2) is 18.2 Å². The van der Waals surface area contributed by atoms with E-state index in [1.54, 1.807) is 6.07 Å². The monoisotopic (exact) mass is 262 g/mol. The SMILES string of the molecule is CCCOc1c(OC(F)(F)F)cccc1C(C)C. The second-order valence-electron chi connectivity index (χ2n) is 4.23. The quantitative estimate of drug-likeness (QED) is 0.778. The van der Waals surface area contributed by atoms with E-state index in [0.717, 1.165) is 6.42 Å². The van der Waals surface area contributed by atoms with Gasteiger partial charge in [0.2, 0.25) is 0 Å². The van der Waals surface area contributed by atoms with Gasteiger partial charge in [-0.1, -0.05) is 32.9 Å². The van der Waals surface area contributed by atoms with E-state index >= 15 is 0 Å². The molecular formula is C13H17F3O2. The van der Waals surface area contributed by atoms with Crippen LogP contribution in [-0.4, -0.2) is 13.0 Å². The van der Waals surface area contributed by atoms with E-state index in [0.29, 0.717) is 12.2 Å². The molecule has 1 aromatic rings. The fourth-order valence-corrected chi connectivity index (χ4v) is 1.55. The van der Waals surface area contributed by atoms with Crippen molar-refractivity contribution >= 4 is 0 Å². The molecular weight excluding hydrogens is 245 g/mol. The van der Waals surface area contributed by atoms with E-state index in [2.05, 4.69) is 4.74 Å². The van der Waals surface area contributed by atoms with Gasteiger partial charge in [0.25, 0.3) is 0 Å². The summed E-state index contributed by atoms with van der Waals surface area (Å²) in [5.74, 6) is -0.0255. The molecule has 0 amide bonds. The van der Waals surface area contributed by atoms with Gasteiger partial charge in [-0.15, -0.1) is 13.2 Å². The molecule has 0 atom stereocenters. The van der Waals surface area contributed by atoms with Crippen molar-refractivity contribution in [2.24, 2.45) is 0 Å². The maximum absolute atomic E-state index is 12.3. The van der Waals surface area contributed by atoms with Gasteiger partial charge >= 0.3 is 6.36 Å². The molecule has 5 heteroatoms. The van der Waals surface area contributed by atoms with Gasteiger partial charge in [0, 0.05) is 5.56 Å². The van der Waals surface area contributed by atoms with Crippen LogP contribution in [0.4, 0.5) is 13.2 Å². The molecule has 0 spiro atoms. The molecule has 2 nitrogen and oxygen atoms in total. The Kier molecular flexibility index (Phi) is 4.87. The van der Waals surface area contributed by atoms with Crippen LogP contribution in [0, 0.1) is 0 Å². The standard InChI is InChI=1S/C13H17F3O2/c1-4-8-17-12-10(9(2)3)6-5-7-11(12)18-13(14,15)16/h5-7,9H,4,8H2,1-3H3. The molecule has 0 heterocycles. The van der Waals surface area contributed by atoms with Crippen molar-refractivity contribution in [1.82, 2.24) is 0 Å². The summed E-state index contributed by atoms with van der Waals surface area (Å²) in [7, 11) is 0. The van der Waals surface area contributed by atoms with Gasteiger partial charge in [-0.25, -0.2) is 0 Å². The summed E-state index contributed by atoms with van der Waals surface area (Å²) in [6, 6.07) is 4.55. The molecule has 0 radical (unpaired) electrons. The second-order valence-corrected chi connectivity index (χ2v) is 4.23.